The molecule has 0 aliphatic heterocycles. The van der Waals surface area contributed by atoms with Crippen LogP contribution in [0.25, 0.3) is 16.9 Å². The fraction of sp³-hybridized carbons (Fsp3) is 0.308. The van der Waals surface area contributed by atoms with Crippen molar-refractivity contribution in [2.75, 3.05) is 7.11 Å². The Morgan fingerprint density at radius 1 is 1.09 bits per heavy atom. The largest absolute Gasteiger partial charge is 0.465 e. The second-order valence-electron chi connectivity index (χ2n) is 8.77. The quantitative estimate of drug-likeness (QED) is 0.387. The number of carbonyl (C=O) groups excluding carboxylic acids is 1. The zero-order chi connectivity index (χ0) is 24.5. The molecule has 8 nitrogen and oxygen atoms in total. The van der Waals surface area contributed by atoms with E-state index in [1.54, 1.807) is 53.4 Å². The maximum atomic E-state index is 13.8. The summed E-state index contributed by atoms with van der Waals surface area (Å²) in [4.78, 5) is 44.0. The van der Waals surface area contributed by atoms with Gasteiger partial charge in [0, 0.05) is 12.6 Å². The van der Waals surface area contributed by atoms with Gasteiger partial charge in [-0.25, -0.2) is 19.1 Å². The molecule has 1 saturated carbocycles. The number of esters is 1. The Hall–Kier alpha value is -3.65. The number of carbonyl (C=O) groups is 1. The van der Waals surface area contributed by atoms with Gasteiger partial charge in [-0.1, -0.05) is 55.1 Å². The van der Waals surface area contributed by atoms with Gasteiger partial charge in [-0.2, -0.15) is 0 Å². The molecule has 9 heteroatoms. The lowest BCUT2D eigenvalue weighted by atomic mass is 9.95. The van der Waals surface area contributed by atoms with Gasteiger partial charge in [0.2, 0.25) is 0 Å². The first-order chi connectivity index (χ1) is 17.0. The predicted molar refractivity (Wildman–Crippen MR) is 134 cm³/mol. The number of halogens is 1. The number of hydrogen-bond donors (Lipinski definition) is 0. The Bertz CT molecular complexity index is 1530. The van der Waals surface area contributed by atoms with Crippen molar-refractivity contribution in [3.05, 3.63) is 91.8 Å². The molecule has 4 aromatic rings. The van der Waals surface area contributed by atoms with Crippen LogP contribution in [0.15, 0.2) is 64.4 Å². The smallest absolute Gasteiger partial charge is 0.337 e. The molecule has 0 atom stereocenters. The molecule has 35 heavy (non-hydrogen) atoms. The number of methoxy groups -OCH3 is 1. The second kappa shape index (κ2) is 9.54. The molecule has 0 spiro atoms. The maximum Gasteiger partial charge on any atom is 0.337 e. The van der Waals surface area contributed by atoms with Crippen LogP contribution in [0.3, 0.4) is 0 Å². The molecular formula is C26H25ClN4O4. The van der Waals surface area contributed by atoms with E-state index in [9.17, 15) is 14.4 Å². The first-order valence-electron chi connectivity index (χ1n) is 11.6. The first-order valence-corrected chi connectivity index (χ1v) is 12.0. The van der Waals surface area contributed by atoms with Crippen LogP contribution in [0.5, 0.6) is 0 Å². The highest BCUT2D eigenvalue weighted by Gasteiger charge is 2.26. The topological polar surface area (TPSA) is 88.1 Å². The molecule has 0 saturated heterocycles. The van der Waals surface area contributed by atoms with Crippen molar-refractivity contribution in [2.24, 2.45) is 0 Å². The second-order valence-corrected chi connectivity index (χ2v) is 9.18. The number of imidazole rings is 1. The predicted octanol–water partition coefficient (Wildman–Crippen LogP) is 4.34. The summed E-state index contributed by atoms with van der Waals surface area (Å²) >= 11 is 6.48. The van der Waals surface area contributed by atoms with E-state index in [-0.39, 0.29) is 17.2 Å². The molecule has 1 aliphatic carbocycles. The standard InChI is InChI=1S/C26H25ClN4O4/c1-35-25(33)18-9-7-8-17(14-18)15-29-16-28-23-22(29)24(32)30(19-10-3-2-4-11-19)26(34)31(23)21-13-6-5-12-20(21)27/h5-9,12-14,16,19H,2-4,10-11,15H2,1H3. The Balaban J connectivity index is 1.73. The molecule has 0 unspecified atom stereocenters. The fourth-order valence-electron chi connectivity index (χ4n) is 4.90. The van der Waals surface area contributed by atoms with E-state index >= 15 is 0 Å². The third kappa shape index (κ3) is 4.18. The Labute approximate surface area is 206 Å². The average Bonchev–Trinajstić information content (AvgIpc) is 3.29. The van der Waals surface area contributed by atoms with Crippen LogP contribution in [0.2, 0.25) is 5.02 Å². The minimum absolute atomic E-state index is 0.173. The lowest BCUT2D eigenvalue weighted by molar-refractivity contribution is 0.0600. The molecule has 1 fully saturated rings. The van der Waals surface area contributed by atoms with Crippen molar-refractivity contribution in [3.8, 4) is 5.69 Å². The van der Waals surface area contributed by atoms with Crippen LogP contribution in [-0.2, 0) is 11.3 Å². The van der Waals surface area contributed by atoms with Crippen LogP contribution in [0.4, 0.5) is 0 Å². The fourth-order valence-corrected chi connectivity index (χ4v) is 5.12. The number of hydrogen-bond acceptors (Lipinski definition) is 5. The van der Waals surface area contributed by atoms with E-state index in [0.717, 1.165) is 37.7 Å². The number of rotatable bonds is 5. The molecule has 0 N–H and O–H groups in total. The monoisotopic (exact) mass is 492 g/mol. The van der Waals surface area contributed by atoms with Crippen molar-refractivity contribution >= 4 is 28.7 Å². The van der Waals surface area contributed by atoms with Gasteiger partial charge in [0.15, 0.2) is 11.2 Å². The Morgan fingerprint density at radius 2 is 1.86 bits per heavy atom. The van der Waals surface area contributed by atoms with Gasteiger partial charge in [-0.05, 0) is 42.7 Å². The van der Waals surface area contributed by atoms with Crippen LogP contribution < -0.4 is 11.2 Å². The van der Waals surface area contributed by atoms with Crippen molar-refractivity contribution in [1.29, 1.82) is 0 Å². The van der Waals surface area contributed by atoms with E-state index in [4.69, 9.17) is 16.3 Å². The average molecular weight is 493 g/mol. The van der Waals surface area contributed by atoms with Crippen molar-refractivity contribution in [2.45, 2.75) is 44.7 Å². The summed E-state index contributed by atoms with van der Waals surface area (Å²) in [7, 11) is 1.33. The number of ether oxygens (including phenoxy) is 1. The first kappa shape index (κ1) is 23.1. The molecule has 2 aromatic heterocycles. The van der Waals surface area contributed by atoms with E-state index < -0.39 is 11.7 Å². The van der Waals surface area contributed by atoms with Gasteiger partial charge in [0.05, 0.1) is 29.7 Å². The normalized spacial score (nSPS) is 14.3. The Kier molecular flexibility index (Phi) is 6.30. The lowest BCUT2D eigenvalue weighted by Crippen LogP contribution is -2.43. The summed E-state index contributed by atoms with van der Waals surface area (Å²) in [5.41, 5.74) is 1.48. The minimum Gasteiger partial charge on any atom is -0.465 e. The molecule has 0 bridgehead atoms. The van der Waals surface area contributed by atoms with Crippen molar-refractivity contribution in [1.82, 2.24) is 18.7 Å². The van der Waals surface area contributed by atoms with E-state index in [2.05, 4.69) is 4.98 Å². The van der Waals surface area contributed by atoms with Crippen molar-refractivity contribution in [3.63, 3.8) is 0 Å². The highest BCUT2D eigenvalue weighted by molar-refractivity contribution is 6.32. The van der Waals surface area contributed by atoms with Gasteiger partial charge in [0.1, 0.15) is 0 Å². The number of benzene rings is 2. The summed E-state index contributed by atoms with van der Waals surface area (Å²) < 4.78 is 9.37. The van der Waals surface area contributed by atoms with E-state index in [0.29, 0.717) is 28.3 Å². The molecular weight excluding hydrogens is 468 g/mol. The highest BCUT2D eigenvalue weighted by Crippen LogP contribution is 2.27. The number of nitrogens with zero attached hydrogens (tertiary/aromatic N) is 4. The third-order valence-corrected chi connectivity index (χ3v) is 6.90. The highest BCUT2D eigenvalue weighted by atomic mass is 35.5. The van der Waals surface area contributed by atoms with Gasteiger partial charge in [-0.3, -0.25) is 9.36 Å². The van der Waals surface area contributed by atoms with Crippen LogP contribution in [0.1, 0.15) is 54.1 Å². The molecule has 180 valence electrons. The summed E-state index contributed by atoms with van der Waals surface area (Å²) in [6, 6.07) is 13.9. The lowest BCUT2D eigenvalue weighted by Gasteiger charge is -2.24. The zero-order valence-electron chi connectivity index (χ0n) is 19.3. The molecule has 1 aliphatic rings. The number of para-hydroxylation sites is 1. The zero-order valence-corrected chi connectivity index (χ0v) is 20.1. The molecule has 2 heterocycles. The Morgan fingerprint density at radius 3 is 2.60 bits per heavy atom. The van der Waals surface area contributed by atoms with Crippen molar-refractivity contribution < 1.29 is 9.53 Å². The van der Waals surface area contributed by atoms with Crippen LogP contribution in [0, 0.1) is 0 Å². The SMILES string of the molecule is COC(=O)c1cccc(Cn2cnc3c2c(=O)n(C2CCCCC2)c(=O)n3-c2ccccc2Cl)c1. The summed E-state index contributed by atoms with van der Waals surface area (Å²) in [6.07, 6.45) is 6.15. The molecule has 0 amide bonds. The maximum absolute atomic E-state index is 13.8. The van der Waals surface area contributed by atoms with Gasteiger partial charge >= 0.3 is 11.7 Å². The summed E-state index contributed by atoms with van der Waals surface area (Å²) in [5.74, 6) is -0.436. The number of fused-ring (bicyclic) bond motifs is 1. The van der Waals surface area contributed by atoms with Crippen LogP contribution >= 0.6 is 11.6 Å². The summed E-state index contributed by atoms with van der Waals surface area (Å²) in [5, 5.41) is 0.394. The van der Waals surface area contributed by atoms with E-state index in [1.807, 2.05) is 6.07 Å². The number of aromatic nitrogens is 4. The van der Waals surface area contributed by atoms with Gasteiger partial charge in [-0.15, -0.1) is 0 Å². The van der Waals surface area contributed by atoms with E-state index in [1.165, 1.54) is 16.2 Å². The molecule has 0 radical (unpaired) electrons. The summed E-state index contributed by atoms with van der Waals surface area (Å²) in [6.45, 7) is 0.294. The van der Waals surface area contributed by atoms with Crippen LogP contribution in [-0.4, -0.2) is 31.8 Å². The van der Waals surface area contributed by atoms with Gasteiger partial charge < -0.3 is 9.30 Å². The third-order valence-electron chi connectivity index (χ3n) is 6.58. The van der Waals surface area contributed by atoms with Gasteiger partial charge in [0.25, 0.3) is 5.56 Å². The molecule has 5 rings (SSSR count). The molecule has 2 aromatic carbocycles. The minimum atomic E-state index is -0.436.